The molecule has 0 unspecified atom stereocenters. The van der Waals surface area contributed by atoms with Crippen molar-refractivity contribution in [2.45, 2.75) is 71.8 Å². The van der Waals surface area contributed by atoms with Gasteiger partial charge in [-0.1, -0.05) is 63.8 Å². The lowest BCUT2D eigenvalue weighted by molar-refractivity contribution is 0.0303. The first-order valence-electron chi connectivity index (χ1n) is 12.5. The lowest BCUT2D eigenvalue weighted by Crippen LogP contribution is -2.18. The van der Waals surface area contributed by atoms with Crippen LogP contribution in [-0.4, -0.2) is 29.3 Å². The highest BCUT2D eigenvalue weighted by Gasteiger charge is 2.06. The van der Waals surface area contributed by atoms with E-state index in [1.165, 1.54) is 37.7 Å². The molecule has 3 aromatic rings. The van der Waals surface area contributed by atoms with Crippen molar-refractivity contribution in [3.05, 3.63) is 66.5 Å². The number of nitrogens with zero attached hydrogens (tertiary/aromatic N) is 2. The SMILES string of the molecule is CCCCCCO[C@H](C)COc1ccc(-c2ncc(-c3ccc(CCCC)cc3)cn2)cc1. The molecule has 1 aromatic heterocycles. The van der Waals surface area contributed by atoms with Gasteiger partial charge in [-0.15, -0.1) is 0 Å². The average molecular weight is 447 g/mol. The van der Waals surface area contributed by atoms with E-state index in [1.807, 2.05) is 36.7 Å². The molecule has 0 aliphatic carbocycles. The quantitative estimate of drug-likeness (QED) is 0.240. The van der Waals surface area contributed by atoms with Gasteiger partial charge in [0.15, 0.2) is 5.82 Å². The lowest BCUT2D eigenvalue weighted by atomic mass is 10.0. The van der Waals surface area contributed by atoms with Gasteiger partial charge in [0, 0.05) is 30.1 Å². The Morgan fingerprint density at radius 3 is 2.06 bits per heavy atom. The van der Waals surface area contributed by atoms with Crippen LogP contribution < -0.4 is 4.74 Å². The minimum atomic E-state index is 0.0860. The van der Waals surface area contributed by atoms with Crippen molar-refractivity contribution < 1.29 is 9.47 Å². The monoisotopic (exact) mass is 446 g/mol. The first kappa shape index (κ1) is 24.9. The largest absolute Gasteiger partial charge is 0.491 e. The molecule has 3 rings (SSSR count). The number of aromatic nitrogens is 2. The highest BCUT2D eigenvalue weighted by molar-refractivity contribution is 5.64. The number of aryl methyl sites for hydroxylation is 1. The molecule has 0 spiro atoms. The van der Waals surface area contributed by atoms with Crippen LogP contribution in [-0.2, 0) is 11.2 Å². The molecule has 0 saturated carbocycles. The van der Waals surface area contributed by atoms with E-state index in [1.54, 1.807) is 0 Å². The van der Waals surface area contributed by atoms with Gasteiger partial charge in [0.1, 0.15) is 12.4 Å². The van der Waals surface area contributed by atoms with E-state index < -0.39 is 0 Å². The topological polar surface area (TPSA) is 44.2 Å². The summed E-state index contributed by atoms with van der Waals surface area (Å²) in [6, 6.07) is 16.7. The molecule has 0 fully saturated rings. The minimum absolute atomic E-state index is 0.0860. The number of rotatable bonds is 14. The Balaban J connectivity index is 1.49. The van der Waals surface area contributed by atoms with Crippen molar-refractivity contribution in [3.63, 3.8) is 0 Å². The zero-order chi connectivity index (χ0) is 23.3. The number of hydrogen-bond donors (Lipinski definition) is 0. The molecule has 0 aliphatic heterocycles. The van der Waals surface area contributed by atoms with Gasteiger partial charge < -0.3 is 9.47 Å². The fraction of sp³-hybridized carbons (Fsp3) is 0.448. The molecule has 2 aromatic carbocycles. The van der Waals surface area contributed by atoms with Gasteiger partial charge in [-0.05, 0) is 61.6 Å². The molecule has 33 heavy (non-hydrogen) atoms. The van der Waals surface area contributed by atoms with Crippen molar-refractivity contribution in [1.82, 2.24) is 9.97 Å². The van der Waals surface area contributed by atoms with E-state index in [0.717, 1.165) is 41.9 Å². The summed E-state index contributed by atoms with van der Waals surface area (Å²) in [5.41, 5.74) is 4.54. The molecule has 4 heteroatoms. The van der Waals surface area contributed by atoms with Gasteiger partial charge in [0.25, 0.3) is 0 Å². The van der Waals surface area contributed by atoms with Crippen molar-refractivity contribution >= 4 is 0 Å². The zero-order valence-electron chi connectivity index (χ0n) is 20.4. The van der Waals surface area contributed by atoms with Crippen LogP contribution in [0.3, 0.4) is 0 Å². The maximum Gasteiger partial charge on any atom is 0.159 e. The molecule has 0 saturated heterocycles. The highest BCUT2D eigenvalue weighted by Crippen LogP contribution is 2.23. The van der Waals surface area contributed by atoms with Crippen molar-refractivity contribution in [1.29, 1.82) is 0 Å². The van der Waals surface area contributed by atoms with Crippen LogP contribution in [0.1, 0.15) is 64.9 Å². The van der Waals surface area contributed by atoms with Gasteiger partial charge in [0.2, 0.25) is 0 Å². The Morgan fingerprint density at radius 2 is 1.39 bits per heavy atom. The number of benzene rings is 2. The molecule has 0 radical (unpaired) electrons. The van der Waals surface area contributed by atoms with E-state index >= 15 is 0 Å². The summed E-state index contributed by atoms with van der Waals surface area (Å²) in [5.74, 6) is 1.55. The normalized spacial score (nSPS) is 12.0. The first-order valence-corrected chi connectivity index (χ1v) is 12.5. The van der Waals surface area contributed by atoms with Crippen LogP contribution in [0.2, 0.25) is 0 Å². The fourth-order valence-corrected chi connectivity index (χ4v) is 3.65. The highest BCUT2D eigenvalue weighted by atomic mass is 16.5. The molecule has 0 N–H and O–H groups in total. The number of unbranched alkanes of at least 4 members (excludes halogenated alkanes) is 4. The van der Waals surface area contributed by atoms with Gasteiger partial charge in [-0.3, -0.25) is 0 Å². The van der Waals surface area contributed by atoms with E-state index in [9.17, 15) is 0 Å². The summed E-state index contributed by atoms with van der Waals surface area (Å²) in [6.45, 7) is 7.86. The molecule has 4 nitrogen and oxygen atoms in total. The van der Waals surface area contributed by atoms with Crippen LogP contribution in [0.25, 0.3) is 22.5 Å². The Kier molecular flexibility index (Phi) is 10.4. The number of ether oxygens (including phenoxy) is 2. The summed E-state index contributed by atoms with van der Waals surface area (Å²) < 4.78 is 11.7. The van der Waals surface area contributed by atoms with Crippen LogP contribution in [0, 0.1) is 0 Å². The average Bonchev–Trinajstić information content (AvgIpc) is 2.87. The summed E-state index contributed by atoms with van der Waals surface area (Å²) in [4.78, 5) is 9.17. The van der Waals surface area contributed by atoms with E-state index in [0.29, 0.717) is 12.4 Å². The molecule has 1 atom stereocenters. The van der Waals surface area contributed by atoms with E-state index in [-0.39, 0.29) is 6.10 Å². The van der Waals surface area contributed by atoms with Gasteiger partial charge in [-0.25, -0.2) is 9.97 Å². The smallest absolute Gasteiger partial charge is 0.159 e. The predicted octanol–water partition coefficient (Wildman–Crippen LogP) is 7.52. The summed E-state index contributed by atoms with van der Waals surface area (Å²) in [5, 5.41) is 0. The third-order valence-corrected chi connectivity index (χ3v) is 5.76. The van der Waals surface area contributed by atoms with E-state index in [2.05, 4.69) is 55.0 Å². The fourth-order valence-electron chi connectivity index (χ4n) is 3.65. The Bertz CT molecular complexity index is 921. The molecule has 1 heterocycles. The molecule has 0 amide bonds. The number of hydrogen-bond acceptors (Lipinski definition) is 4. The predicted molar refractivity (Wildman–Crippen MR) is 137 cm³/mol. The summed E-state index contributed by atoms with van der Waals surface area (Å²) in [7, 11) is 0. The Morgan fingerprint density at radius 1 is 0.727 bits per heavy atom. The van der Waals surface area contributed by atoms with Crippen molar-refractivity contribution in [2.75, 3.05) is 13.2 Å². The summed E-state index contributed by atoms with van der Waals surface area (Å²) in [6.07, 6.45) is 12.3. The Hall–Kier alpha value is -2.72. The van der Waals surface area contributed by atoms with Crippen LogP contribution in [0.15, 0.2) is 60.9 Å². The van der Waals surface area contributed by atoms with E-state index in [4.69, 9.17) is 9.47 Å². The third kappa shape index (κ3) is 8.29. The van der Waals surface area contributed by atoms with Crippen LogP contribution in [0.4, 0.5) is 0 Å². The second-order valence-corrected chi connectivity index (χ2v) is 8.67. The summed E-state index contributed by atoms with van der Waals surface area (Å²) >= 11 is 0. The maximum atomic E-state index is 5.88. The standard InChI is InChI=1S/C29H38N2O2/c1-4-6-8-9-19-32-23(3)22-33-28-17-15-26(16-18-28)29-30-20-27(21-31-29)25-13-11-24(12-14-25)10-7-5-2/h11-18,20-21,23H,4-10,19,22H2,1-3H3/t23-/m1/s1. The van der Waals surface area contributed by atoms with Gasteiger partial charge in [-0.2, -0.15) is 0 Å². The van der Waals surface area contributed by atoms with Crippen molar-refractivity contribution in [2.24, 2.45) is 0 Å². The third-order valence-electron chi connectivity index (χ3n) is 5.76. The molecule has 176 valence electrons. The van der Waals surface area contributed by atoms with Crippen LogP contribution in [0.5, 0.6) is 5.75 Å². The minimum Gasteiger partial charge on any atom is -0.491 e. The lowest BCUT2D eigenvalue weighted by Gasteiger charge is -2.14. The molecule has 0 bridgehead atoms. The maximum absolute atomic E-state index is 5.88. The molecule has 0 aliphatic rings. The second kappa shape index (κ2) is 13.7. The van der Waals surface area contributed by atoms with Gasteiger partial charge in [0.05, 0.1) is 6.10 Å². The molecular formula is C29H38N2O2. The Labute approximate surface area is 199 Å². The van der Waals surface area contributed by atoms with Gasteiger partial charge >= 0.3 is 0 Å². The van der Waals surface area contributed by atoms with Crippen LogP contribution >= 0.6 is 0 Å². The second-order valence-electron chi connectivity index (χ2n) is 8.67. The zero-order valence-corrected chi connectivity index (χ0v) is 20.4. The van der Waals surface area contributed by atoms with Crippen molar-refractivity contribution in [3.8, 4) is 28.3 Å². The first-order chi connectivity index (χ1) is 16.2. The molecular weight excluding hydrogens is 408 g/mol.